The molecule has 1 heterocycles. The van der Waals surface area contributed by atoms with Gasteiger partial charge in [-0.15, -0.1) is 0 Å². The largest absolute Gasteiger partial charge is 0.343 e. The second kappa shape index (κ2) is 6.93. The fourth-order valence-electron chi connectivity index (χ4n) is 1.48. The molecule has 0 saturated carbocycles. The van der Waals surface area contributed by atoms with Crippen molar-refractivity contribution in [2.24, 2.45) is 5.92 Å². The maximum Gasteiger partial charge on any atom is 0.222 e. The Labute approximate surface area is 82.3 Å². The van der Waals surface area contributed by atoms with Gasteiger partial charge in [0.25, 0.3) is 0 Å². The van der Waals surface area contributed by atoms with E-state index in [-0.39, 0.29) is 0 Å². The first-order valence-electron chi connectivity index (χ1n) is 5.51. The van der Waals surface area contributed by atoms with Crippen molar-refractivity contribution in [2.75, 3.05) is 13.1 Å². The molecule has 1 saturated heterocycles. The van der Waals surface area contributed by atoms with Crippen LogP contribution in [0.15, 0.2) is 0 Å². The Morgan fingerprint density at radius 2 is 1.77 bits per heavy atom. The van der Waals surface area contributed by atoms with Crippen molar-refractivity contribution in [3.8, 4) is 0 Å². The SMILES string of the molecule is CC.CCC(=O)N1CCC(C)CC1. The van der Waals surface area contributed by atoms with Crippen LogP contribution in [0, 0.1) is 5.92 Å². The third kappa shape index (κ3) is 4.30. The maximum atomic E-state index is 11.2. The molecule has 0 aromatic rings. The van der Waals surface area contributed by atoms with Gasteiger partial charge < -0.3 is 4.90 Å². The predicted octanol–water partition coefficient (Wildman–Crippen LogP) is 2.68. The standard InChI is InChI=1S/C9H17NO.C2H6/c1-3-9(11)10-6-4-8(2)5-7-10;1-2/h8H,3-7H2,1-2H3;1-2H3. The summed E-state index contributed by atoms with van der Waals surface area (Å²) < 4.78 is 0. The third-order valence-corrected chi connectivity index (χ3v) is 2.44. The smallest absolute Gasteiger partial charge is 0.222 e. The van der Waals surface area contributed by atoms with Gasteiger partial charge in [0.15, 0.2) is 0 Å². The zero-order chi connectivity index (χ0) is 10.3. The minimum absolute atomic E-state index is 0.317. The molecule has 1 aliphatic heterocycles. The number of amides is 1. The summed E-state index contributed by atoms with van der Waals surface area (Å²) in [4.78, 5) is 13.2. The van der Waals surface area contributed by atoms with Gasteiger partial charge in [-0.2, -0.15) is 0 Å². The van der Waals surface area contributed by atoms with Crippen LogP contribution in [0.25, 0.3) is 0 Å². The quantitative estimate of drug-likeness (QED) is 0.615. The third-order valence-electron chi connectivity index (χ3n) is 2.44. The summed E-state index contributed by atoms with van der Waals surface area (Å²) in [7, 11) is 0. The van der Waals surface area contributed by atoms with Gasteiger partial charge in [-0.05, 0) is 18.8 Å². The van der Waals surface area contributed by atoms with E-state index in [1.54, 1.807) is 0 Å². The predicted molar refractivity (Wildman–Crippen MR) is 56.6 cm³/mol. The number of carbonyl (C=O) groups excluding carboxylic acids is 1. The number of piperidine rings is 1. The number of carbonyl (C=O) groups is 1. The lowest BCUT2D eigenvalue weighted by Crippen LogP contribution is -2.37. The van der Waals surface area contributed by atoms with E-state index in [0.717, 1.165) is 19.0 Å². The molecule has 0 radical (unpaired) electrons. The van der Waals surface area contributed by atoms with Crippen LogP contribution in [0.2, 0.25) is 0 Å². The minimum atomic E-state index is 0.317. The molecule has 0 N–H and O–H groups in total. The van der Waals surface area contributed by atoms with Crippen LogP contribution in [0.3, 0.4) is 0 Å². The van der Waals surface area contributed by atoms with Crippen LogP contribution < -0.4 is 0 Å². The van der Waals surface area contributed by atoms with E-state index in [2.05, 4.69) is 6.92 Å². The molecule has 1 amide bonds. The van der Waals surface area contributed by atoms with E-state index < -0.39 is 0 Å². The lowest BCUT2D eigenvalue weighted by molar-refractivity contribution is -0.132. The minimum Gasteiger partial charge on any atom is -0.343 e. The van der Waals surface area contributed by atoms with E-state index in [4.69, 9.17) is 0 Å². The topological polar surface area (TPSA) is 20.3 Å². The maximum absolute atomic E-state index is 11.2. The van der Waals surface area contributed by atoms with Gasteiger partial charge in [-0.1, -0.05) is 27.7 Å². The molecule has 0 unspecified atom stereocenters. The summed E-state index contributed by atoms with van der Waals surface area (Å²) in [5.41, 5.74) is 0. The van der Waals surface area contributed by atoms with E-state index in [1.807, 2.05) is 25.7 Å². The summed E-state index contributed by atoms with van der Waals surface area (Å²) in [6, 6.07) is 0. The van der Waals surface area contributed by atoms with Crippen molar-refractivity contribution in [3.05, 3.63) is 0 Å². The van der Waals surface area contributed by atoms with Crippen molar-refractivity contribution >= 4 is 5.91 Å². The fraction of sp³-hybridized carbons (Fsp3) is 0.909. The fourth-order valence-corrected chi connectivity index (χ4v) is 1.48. The average Bonchev–Trinajstić information content (AvgIpc) is 2.21. The van der Waals surface area contributed by atoms with Gasteiger partial charge >= 0.3 is 0 Å². The highest BCUT2D eigenvalue weighted by atomic mass is 16.2. The molecular formula is C11H23NO. The molecule has 1 rings (SSSR count). The van der Waals surface area contributed by atoms with Crippen LogP contribution in [0.4, 0.5) is 0 Å². The Morgan fingerprint density at radius 3 is 2.15 bits per heavy atom. The van der Waals surface area contributed by atoms with Gasteiger partial charge in [0, 0.05) is 19.5 Å². The molecule has 13 heavy (non-hydrogen) atoms. The molecular weight excluding hydrogens is 162 g/mol. The molecule has 2 heteroatoms. The monoisotopic (exact) mass is 185 g/mol. The Hall–Kier alpha value is -0.530. The van der Waals surface area contributed by atoms with Crippen molar-refractivity contribution in [1.29, 1.82) is 0 Å². The van der Waals surface area contributed by atoms with E-state index in [9.17, 15) is 4.79 Å². The lowest BCUT2D eigenvalue weighted by Gasteiger charge is -2.29. The van der Waals surface area contributed by atoms with Gasteiger partial charge in [0.2, 0.25) is 5.91 Å². The molecule has 0 aliphatic carbocycles. The van der Waals surface area contributed by atoms with Gasteiger partial charge in [-0.25, -0.2) is 0 Å². The molecule has 0 bridgehead atoms. The van der Waals surface area contributed by atoms with Crippen LogP contribution in [-0.2, 0) is 4.79 Å². The van der Waals surface area contributed by atoms with Crippen molar-refractivity contribution in [3.63, 3.8) is 0 Å². The zero-order valence-electron chi connectivity index (χ0n) is 9.47. The molecule has 0 atom stereocenters. The summed E-state index contributed by atoms with van der Waals surface area (Å²) in [5.74, 6) is 1.13. The summed E-state index contributed by atoms with van der Waals surface area (Å²) >= 11 is 0. The zero-order valence-corrected chi connectivity index (χ0v) is 9.47. The molecule has 0 spiro atoms. The summed E-state index contributed by atoms with van der Waals surface area (Å²) in [5, 5.41) is 0. The number of hydrogen-bond donors (Lipinski definition) is 0. The molecule has 1 aliphatic rings. The molecule has 1 fully saturated rings. The van der Waals surface area contributed by atoms with E-state index in [0.29, 0.717) is 12.3 Å². The van der Waals surface area contributed by atoms with Crippen molar-refractivity contribution in [1.82, 2.24) is 4.90 Å². The normalized spacial score (nSPS) is 17.7. The summed E-state index contributed by atoms with van der Waals surface area (Å²) in [6.07, 6.45) is 3.03. The van der Waals surface area contributed by atoms with E-state index in [1.165, 1.54) is 12.8 Å². The Kier molecular flexibility index (Phi) is 6.65. The van der Waals surface area contributed by atoms with E-state index >= 15 is 0 Å². The van der Waals surface area contributed by atoms with Crippen LogP contribution >= 0.6 is 0 Å². The molecule has 78 valence electrons. The Bertz CT molecular complexity index is 137. The highest BCUT2D eigenvalue weighted by Crippen LogP contribution is 2.16. The highest BCUT2D eigenvalue weighted by molar-refractivity contribution is 5.75. The first kappa shape index (κ1) is 12.5. The number of likely N-dealkylation sites (tertiary alicyclic amines) is 1. The second-order valence-corrected chi connectivity index (χ2v) is 3.42. The summed E-state index contributed by atoms with van der Waals surface area (Å²) in [6.45, 7) is 10.1. The van der Waals surface area contributed by atoms with Gasteiger partial charge in [0.05, 0.1) is 0 Å². The number of rotatable bonds is 1. The lowest BCUT2D eigenvalue weighted by atomic mass is 9.99. The molecule has 0 aromatic carbocycles. The number of nitrogens with zero attached hydrogens (tertiary/aromatic N) is 1. The first-order chi connectivity index (χ1) is 6.24. The van der Waals surface area contributed by atoms with Gasteiger partial charge in [0.1, 0.15) is 0 Å². The average molecular weight is 185 g/mol. The Morgan fingerprint density at radius 1 is 1.31 bits per heavy atom. The van der Waals surface area contributed by atoms with Crippen LogP contribution in [0.1, 0.15) is 47.0 Å². The molecule has 2 nitrogen and oxygen atoms in total. The molecule has 0 aromatic heterocycles. The van der Waals surface area contributed by atoms with Crippen molar-refractivity contribution < 1.29 is 4.79 Å². The second-order valence-electron chi connectivity index (χ2n) is 3.42. The van der Waals surface area contributed by atoms with Crippen molar-refractivity contribution in [2.45, 2.75) is 47.0 Å². The number of hydrogen-bond acceptors (Lipinski definition) is 1. The Balaban J connectivity index is 0.000000671. The highest BCUT2D eigenvalue weighted by Gasteiger charge is 2.18. The van der Waals surface area contributed by atoms with Gasteiger partial charge in [-0.3, -0.25) is 4.79 Å². The van der Waals surface area contributed by atoms with Crippen LogP contribution in [-0.4, -0.2) is 23.9 Å². The van der Waals surface area contributed by atoms with Crippen LogP contribution in [0.5, 0.6) is 0 Å². The first-order valence-corrected chi connectivity index (χ1v) is 5.51.